The highest BCUT2D eigenvalue weighted by molar-refractivity contribution is 7.47. The van der Waals surface area contributed by atoms with E-state index in [4.69, 9.17) is 37.0 Å². The Kier molecular flexibility index (Phi) is 76.8. The van der Waals surface area contributed by atoms with Gasteiger partial charge in [-0.25, -0.2) is 9.13 Å². The zero-order valence-electron chi connectivity index (χ0n) is 67.5. The van der Waals surface area contributed by atoms with Gasteiger partial charge in [0.2, 0.25) is 0 Å². The van der Waals surface area contributed by atoms with Crippen LogP contribution >= 0.6 is 15.6 Å². The molecule has 0 aromatic carbocycles. The Hall–Kier alpha value is -2.46. The van der Waals surface area contributed by atoms with Crippen LogP contribution in [0.1, 0.15) is 439 Å². The van der Waals surface area contributed by atoms with Crippen molar-refractivity contribution in [2.45, 2.75) is 457 Å². The normalized spacial score (nSPS) is 13.9. The van der Waals surface area contributed by atoms with Crippen LogP contribution < -0.4 is 0 Å². The summed E-state index contributed by atoms with van der Waals surface area (Å²) in [4.78, 5) is 73.2. The second kappa shape index (κ2) is 78.7. The van der Waals surface area contributed by atoms with Crippen molar-refractivity contribution < 1.29 is 80.2 Å². The van der Waals surface area contributed by atoms with E-state index in [0.717, 1.165) is 103 Å². The molecule has 0 aliphatic rings. The van der Waals surface area contributed by atoms with E-state index in [1.807, 2.05) is 0 Å². The van der Waals surface area contributed by atoms with Gasteiger partial charge in [0, 0.05) is 25.7 Å². The third-order valence-electron chi connectivity index (χ3n) is 19.5. The summed E-state index contributed by atoms with van der Waals surface area (Å²) in [5, 5.41) is 10.7. The highest BCUT2D eigenvalue weighted by Crippen LogP contribution is 2.45. The van der Waals surface area contributed by atoms with Crippen LogP contribution in [-0.2, 0) is 65.4 Å². The number of rotatable bonds is 84. The first-order valence-corrected chi connectivity index (χ1v) is 46.6. The number of esters is 4. The molecule has 0 fully saturated rings. The smallest absolute Gasteiger partial charge is 0.462 e. The van der Waals surface area contributed by atoms with E-state index in [1.165, 1.54) is 257 Å². The van der Waals surface area contributed by atoms with Crippen LogP contribution in [0.3, 0.4) is 0 Å². The first-order chi connectivity index (χ1) is 50.7. The van der Waals surface area contributed by atoms with Gasteiger partial charge >= 0.3 is 39.5 Å². The van der Waals surface area contributed by atoms with Crippen LogP contribution in [0, 0.1) is 0 Å². The molecule has 0 aliphatic carbocycles. The van der Waals surface area contributed by atoms with Gasteiger partial charge in [-0.2, -0.15) is 0 Å². The van der Waals surface area contributed by atoms with Gasteiger partial charge in [-0.3, -0.25) is 37.3 Å². The molecule has 17 nitrogen and oxygen atoms in total. The van der Waals surface area contributed by atoms with Crippen LogP contribution in [-0.4, -0.2) is 96.7 Å². The maximum Gasteiger partial charge on any atom is 0.472 e. The zero-order valence-corrected chi connectivity index (χ0v) is 69.3. The van der Waals surface area contributed by atoms with Crippen molar-refractivity contribution in [3.63, 3.8) is 0 Å². The molecule has 0 radical (unpaired) electrons. The summed E-state index contributed by atoms with van der Waals surface area (Å²) >= 11 is 0. The van der Waals surface area contributed by atoms with E-state index in [2.05, 4.69) is 52.0 Å². The summed E-state index contributed by atoms with van der Waals surface area (Å²) in [6, 6.07) is 0. The van der Waals surface area contributed by atoms with Crippen molar-refractivity contribution in [2.24, 2.45) is 0 Å². The maximum absolute atomic E-state index is 13.1. The van der Waals surface area contributed by atoms with Crippen molar-refractivity contribution in [3.8, 4) is 0 Å². The summed E-state index contributed by atoms with van der Waals surface area (Å²) in [6.07, 6.45) is 75.7. The lowest BCUT2D eigenvalue weighted by Gasteiger charge is -2.21. The van der Waals surface area contributed by atoms with Gasteiger partial charge in [0.25, 0.3) is 0 Å². The zero-order chi connectivity index (χ0) is 76.0. The molecule has 0 saturated carbocycles. The van der Waals surface area contributed by atoms with Crippen molar-refractivity contribution in [1.29, 1.82) is 0 Å². The number of aliphatic hydroxyl groups excluding tert-OH is 1. The summed E-state index contributed by atoms with van der Waals surface area (Å²) < 4.78 is 68.8. The van der Waals surface area contributed by atoms with Crippen LogP contribution in [0.4, 0.5) is 0 Å². The fraction of sp³-hybridized carbons (Fsp3) is 0.906. The molecule has 5 atom stereocenters. The van der Waals surface area contributed by atoms with E-state index in [-0.39, 0.29) is 25.7 Å². The molecule has 2 unspecified atom stereocenters. The van der Waals surface area contributed by atoms with Gasteiger partial charge in [-0.05, 0) is 51.4 Å². The molecule has 0 bridgehead atoms. The van der Waals surface area contributed by atoms with Gasteiger partial charge in [0.05, 0.1) is 26.4 Å². The Bertz CT molecular complexity index is 2060. The number of aliphatic hydroxyl groups is 1. The molecule has 614 valence electrons. The van der Waals surface area contributed by atoms with Crippen LogP contribution in [0.25, 0.3) is 0 Å². The minimum Gasteiger partial charge on any atom is -0.462 e. The number of allylic oxidation sites excluding steroid dienone is 4. The van der Waals surface area contributed by atoms with Crippen LogP contribution in [0.15, 0.2) is 24.3 Å². The van der Waals surface area contributed by atoms with E-state index in [1.54, 1.807) is 0 Å². The molecule has 3 N–H and O–H groups in total. The largest absolute Gasteiger partial charge is 0.472 e. The number of unbranched alkanes of at least 4 members (excludes halogenated alkanes) is 55. The fourth-order valence-corrected chi connectivity index (χ4v) is 14.4. The standard InChI is InChI=1S/C85H162O17P2/c1-5-9-13-17-21-25-29-32-35-37-39-41-44-46-50-54-58-62-66-70-83(88)96-76-81(102-85(90)72-68-64-60-56-52-48-45-42-40-38-36-33-30-26-22-18-14-10-6-2)78-100-104(93,94)98-74-79(86)73-97-103(91,92)99-77-80(75-95-82(87)69-65-61-57-53-49-28-24-20-16-12-8-4)101-84(89)71-67-63-59-55-51-47-43-34-31-27-23-19-15-11-7-3/h27,31,34,43,79-81,86H,5-26,28-30,32-33,35-42,44-78H2,1-4H3,(H,91,92)(H,93,94)/b31-27-,43-34-/t79-,80+,81+/m0/s1. The number of ether oxygens (including phenoxy) is 4. The summed E-state index contributed by atoms with van der Waals surface area (Å²) in [5.41, 5.74) is 0. The molecular formula is C85H162O17P2. The van der Waals surface area contributed by atoms with Crippen molar-refractivity contribution in [2.75, 3.05) is 39.6 Å². The quantitative estimate of drug-likeness (QED) is 0.0169. The first-order valence-electron chi connectivity index (χ1n) is 43.6. The number of phosphoric ester groups is 2. The SMILES string of the molecule is CCCCCC/C=C\C=C/CCCCCCCC(=O)O[C@H](COC(=O)CCCCCCCCCCCCC)COP(=O)(O)OC[C@H](O)COP(=O)(O)OC[C@@H](COC(=O)CCCCCCCCCCCCCCCCCCCCC)OC(=O)CCCCCCCCCCCCCCCCCCCCC. The molecule has 0 saturated heterocycles. The average molecular weight is 1520 g/mol. The lowest BCUT2D eigenvalue weighted by atomic mass is 10.0. The third-order valence-corrected chi connectivity index (χ3v) is 21.4. The molecule has 0 spiro atoms. The highest BCUT2D eigenvalue weighted by Gasteiger charge is 2.30. The Balaban J connectivity index is 5.27. The third kappa shape index (κ3) is 77.7. The number of phosphoric acid groups is 2. The maximum atomic E-state index is 13.1. The number of hydrogen-bond acceptors (Lipinski definition) is 15. The Labute approximate surface area is 637 Å². The number of carbonyl (C=O) groups is 4. The summed E-state index contributed by atoms with van der Waals surface area (Å²) in [5.74, 6) is -2.13. The van der Waals surface area contributed by atoms with E-state index in [9.17, 15) is 43.2 Å². The Morgan fingerprint density at radius 2 is 0.462 bits per heavy atom. The summed E-state index contributed by atoms with van der Waals surface area (Å²) in [6.45, 7) is 4.98. The molecule has 104 heavy (non-hydrogen) atoms. The van der Waals surface area contributed by atoms with E-state index >= 15 is 0 Å². The monoisotopic (exact) mass is 1520 g/mol. The van der Waals surface area contributed by atoms with Gasteiger partial charge < -0.3 is 33.8 Å². The lowest BCUT2D eigenvalue weighted by molar-refractivity contribution is -0.161. The van der Waals surface area contributed by atoms with E-state index in [0.29, 0.717) is 25.7 Å². The Morgan fingerprint density at radius 3 is 0.702 bits per heavy atom. The molecule has 0 rings (SSSR count). The van der Waals surface area contributed by atoms with Crippen LogP contribution in [0.5, 0.6) is 0 Å². The van der Waals surface area contributed by atoms with Crippen molar-refractivity contribution in [3.05, 3.63) is 24.3 Å². The molecular weight excluding hydrogens is 1350 g/mol. The predicted octanol–water partition coefficient (Wildman–Crippen LogP) is 25.7. The summed E-state index contributed by atoms with van der Waals surface area (Å²) in [7, 11) is -9.94. The molecule has 0 heterocycles. The Morgan fingerprint density at radius 1 is 0.269 bits per heavy atom. The average Bonchev–Trinajstić information content (AvgIpc) is 0.909. The minimum absolute atomic E-state index is 0.0860. The lowest BCUT2D eigenvalue weighted by Crippen LogP contribution is -2.30. The van der Waals surface area contributed by atoms with Crippen molar-refractivity contribution >= 4 is 39.5 Å². The number of carbonyl (C=O) groups excluding carboxylic acids is 4. The predicted molar refractivity (Wildman–Crippen MR) is 428 cm³/mol. The van der Waals surface area contributed by atoms with Gasteiger partial charge in [0.1, 0.15) is 19.3 Å². The molecule has 0 aromatic rings. The number of hydrogen-bond donors (Lipinski definition) is 3. The molecule has 0 aromatic heterocycles. The van der Waals surface area contributed by atoms with Gasteiger partial charge in [0.15, 0.2) is 12.2 Å². The highest BCUT2D eigenvalue weighted by atomic mass is 31.2. The molecule has 19 heteroatoms. The molecule has 0 amide bonds. The van der Waals surface area contributed by atoms with Gasteiger partial charge in [-0.15, -0.1) is 0 Å². The van der Waals surface area contributed by atoms with Crippen LogP contribution in [0.2, 0.25) is 0 Å². The van der Waals surface area contributed by atoms with Crippen molar-refractivity contribution in [1.82, 2.24) is 0 Å². The second-order valence-corrected chi connectivity index (χ2v) is 32.8. The molecule has 0 aliphatic heterocycles. The minimum atomic E-state index is -4.97. The van der Waals surface area contributed by atoms with Gasteiger partial charge in [-0.1, -0.05) is 386 Å². The topological polar surface area (TPSA) is 237 Å². The first kappa shape index (κ1) is 102. The fourth-order valence-electron chi connectivity index (χ4n) is 12.8. The van der Waals surface area contributed by atoms with E-state index < -0.39 is 97.5 Å². The second-order valence-electron chi connectivity index (χ2n) is 29.9.